The van der Waals surface area contributed by atoms with Crippen molar-refractivity contribution in [3.63, 3.8) is 0 Å². The second-order valence-electron chi connectivity index (χ2n) is 8.91. The second kappa shape index (κ2) is 7.81. The molecule has 6 rings (SSSR count). The number of carbonyl (C=O) groups is 1. The summed E-state index contributed by atoms with van der Waals surface area (Å²) < 4.78 is 29.4. The first-order chi connectivity index (χ1) is 17.0. The normalized spacial score (nSPS) is 28.0. The van der Waals surface area contributed by atoms with E-state index >= 15 is 0 Å². The number of hydroxylamine groups is 2. The summed E-state index contributed by atoms with van der Waals surface area (Å²) in [6.07, 6.45) is -1.45. The van der Waals surface area contributed by atoms with E-state index in [1.165, 1.54) is 0 Å². The molecule has 0 bridgehead atoms. The molecule has 1 aliphatic carbocycles. The molecule has 3 aromatic rings. The summed E-state index contributed by atoms with van der Waals surface area (Å²) in [6.45, 7) is 0. The molecule has 5 unspecified atom stereocenters. The van der Waals surface area contributed by atoms with Crippen molar-refractivity contribution in [3.8, 4) is 23.0 Å². The zero-order valence-electron chi connectivity index (χ0n) is 19.5. The average molecular weight is 475 g/mol. The van der Waals surface area contributed by atoms with Gasteiger partial charge in [0, 0.05) is 17.7 Å². The van der Waals surface area contributed by atoms with Crippen molar-refractivity contribution >= 4 is 6.09 Å². The highest BCUT2D eigenvalue weighted by molar-refractivity contribution is 5.72. The molecule has 3 aliphatic rings. The topological polar surface area (TPSA) is 86.7 Å². The molecular weight excluding hydrogens is 450 g/mol. The minimum absolute atomic E-state index is 0.452. The summed E-state index contributed by atoms with van der Waals surface area (Å²) in [4.78, 5) is 12.6. The predicted molar refractivity (Wildman–Crippen MR) is 124 cm³/mol. The van der Waals surface area contributed by atoms with E-state index in [0.29, 0.717) is 28.1 Å². The standard InChI is InChI=1S/C27H25NO7/c1-31-17-11-9-16(10-12-17)27-22(15-7-5-4-6-8-15)24-25(34-26(29)28(24)30)23(27)21-19(33-3)13-18(32-2)14-20(21)35-27/h4-14,22-25,30H,1-3H3. The zero-order valence-corrected chi connectivity index (χ0v) is 19.5. The molecule has 0 radical (unpaired) electrons. The first kappa shape index (κ1) is 21.6. The number of fused-ring (bicyclic) bond motifs is 5. The van der Waals surface area contributed by atoms with Crippen LogP contribution in [0.5, 0.6) is 23.0 Å². The van der Waals surface area contributed by atoms with Crippen LogP contribution in [0.25, 0.3) is 0 Å². The van der Waals surface area contributed by atoms with Gasteiger partial charge in [-0.1, -0.05) is 42.5 Å². The Morgan fingerprint density at radius 3 is 2.26 bits per heavy atom. The Morgan fingerprint density at radius 1 is 0.886 bits per heavy atom. The van der Waals surface area contributed by atoms with Crippen LogP contribution in [0, 0.1) is 0 Å². The molecule has 0 spiro atoms. The third kappa shape index (κ3) is 2.86. The highest BCUT2D eigenvalue weighted by atomic mass is 16.7. The van der Waals surface area contributed by atoms with Crippen LogP contribution in [0.1, 0.15) is 28.5 Å². The molecule has 8 nitrogen and oxygen atoms in total. The maximum atomic E-state index is 12.6. The number of methoxy groups -OCH3 is 3. The third-order valence-corrected chi connectivity index (χ3v) is 7.46. The Labute approximate surface area is 202 Å². The van der Waals surface area contributed by atoms with Gasteiger partial charge in [0.05, 0.1) is 33.2 Å². The van der Waals surface area contributed by atoms with Crippen molar-refractivity contribution < 1.29 is 33.7 Å². The largest absolute Gasteiger partial charge is 0.497 e. The number of hydrogen-bond donors (Lipinski definition) is 1. The van der Waals surface area contributed by atoms with Gasteiger partial charge in [-0.3, -0.25) is 5.21 Å². The summed E-state index contributed by atoms with van der Waals surface area (Å²) in [5, 5.41) is 11.6. The van der Waals surface area contributed by atoms with Crippen LogP contribution >= 0.6 is 0 Å². The van der Waals surface area contributed by atoms with Crippen molar-refractivity contribution in [2.75, 3.05) is 21.3 Å². The summed E-state index contributed by atoms with van der Waals surface area (Å²) in [5.74, 6) is 1.55. The summed E-state index contributed by atoms with van der Waals surface area (Å²) >= 11 is 0. The SMILES string of the molecule is COc1ccc(C23Oc4cc(OC)cc(OC)c4C2C2OC(=O)N(O)C2C3c2ccccc2)cc1. The van der Waals surface area contributed by atoms with E-state index in [-0.39, 0.29) is 0 Å². The molecule has 1 amide bonds. The Balaban J connectivity index is 1.65. The van der Waals surface area contributed by atoms with Crippen LogP contribution in [-0.4, -0.2) is 49.8 Å². The Bertz CT molecular complexity index is 1280. The molecule has 2 aliphatic heterocycles. The molecule has 2 fully saturated rings. The van der Waals surface area contributed by atoms with Crippen LogP contribution in [0.3, 0.4) is 0 Å². The minimum Gasteiger partial charge on any atom is -0.497 e. The van der Waals surface area contributed by atoms with Crippen LogP contribution < -0.4 is 18.9 Å². The van der Waals surface area contributed by atoms with Gasteiger partial charge in [-0.05, 0) is 23.3 Å². The van der Waals surface area contributed by atoms with Gasteiger partial charge in [0.25, 0.3) is 0 Å². The minimum atomic E-state index is -1.01. The molecule has 3 aromatic carbocycles. The molecular formula is C27H25NO7. The second-order valence-corrected chi connectivity index (χ2v) is 8.91. The Kier molecular flexibility index (Phi) is 4.82. The van der Waals surface area contributed by atoms with E-state index in [9.17, 15) is 10.0 Å². The van der Waals surface area contributed by atoms with Gasteiger partial charge in [-0.15, -0.1) is 0 Å². The van der Waals surface area contributed by atoms with Crippen LogP contribution in [-0.2, 0) is 10.3 Å². The number of benzene rings is 3. The number of ether oxygens (including phenoxy) is 5. The van der Waals surface area contributed by atoms with Crippen molar-refractivity contribution in [2.45, 2.75) is 29.6 Å². The number of hydrogen-bond acceptors (Lipinski definition) is 7. The fraction of sp³-hybridized carbons (Fsp3) is 0.296. The lowest BCUT2D eigenvalue weighted by Crippen LogP contribution is -2.43. The molecule has 2 heterocycles. The average Bonchev–Trinajstić information content (AvgIpc) is 3.48. The molecule has 1 saturated heterocycles. The van der Waals surface area contributed by atoms with Gasteiger partial charge < -0.3 is 23.7 Å². The summed E-state index contributed by atoms with van der Waals surface area (Å²) in [6, 6.07) is 20.4. The van der Waals surface area contributed by atoms with E-state index < -0.39 is 35.7 Å². The van der Waals surface area contributed by atoms with E-state index in [4.69, 9.17) is 23.7 Å². The van der Waals surface area contributed by atoms with Crippen LogP contribution in [0.2, 0.25) is 0 Å². The molecule has 180 valence electrons. The quantitative estimate of drug-likeness (QED) is 0.545. The Hall–Kier alpha value is -3.91. The molecule has 35 heavy (non-hydrogen) atoms. The van der Waals surface area contributed by atoms with Crippen molar-refractivity contribution in [1.29, 1.82) is 0 Å². The van der Waals surface area contributed by atoms with Crippen molar-refractivity contribution in [2.24, 2.45) is 0 Å². The fourth-order valence-electron chi connectivity index (χ4n) is 6.11. The number of carbonyl (C=O) groups excluding carboxylic acids is 1. The maximum absolute atomic E-state index is 12.6. The highest BCUT2D eigenvalue weighted by Gasteiger charge is 2.73. The van der Waals surface area contributed by atoms with Gasteiger partial charge >= 0.3 is 6.09 Å². The summed E-state index contributed by atoms with van der Waals surface area (Å²) in [5.41, 5.74) is 1.55. The van der Waals surface area contributed by atoms with Gasteiger partial charge in [0.1, 0.15) is 35.1 Å². The molecule has 0 aromatic heterocycles. The van der Waals surface area contributed by atoms with E-state index in [2.05, 4.69) is 0 Å². The van der Waals surface area contributed by atoms with Crippen molar-refractivity contribution in [3.05, 3.63) is 83.4 Å². The fourth-order valence-corrected chi connectivity index (χ4v) is 6.11. The van der Waals surface area contributed by atoms with E-state index in [1.54, 1.807) is 27.4 Å². The third-order valence-electron chi connectivity index (χ3n) is 7.46. The lowest BCUT2D eigenvalue weighted by molar-refractivity contribution is -0.0790. The van der Waals surface area contributed by atoms with Gasteiger partial charge in [-0.2, -0.15) is 5.06 Å². The monoisotopic (exact) mass is 475 g/mol. The predicted octanol–water partition coefficient (Wildman–Crippen LogP) is 4.46. The first-order valence-corrected chi connectivity index (χ1v) is 11.4. The van der Waals surface area contributed by atoms with Gasteiger partial charge in [0.2, 0.25) is 0 Å². The molecule has 5 atom stereocenters. The maximum Gasteiger partial charge on any atom is 0.434 e. The van der Waals surface area contributed by atoms with Crippen molar-refractivity contribution in [1.82, 2.24) is 5.06 Å². The van der Waals surface area contributed by atoms with Crippen LogP contribution in [0.4, 0.5) is 4.79 Å². The smallest absolute Gasteiger partial charge is 0.434 e. The highest BCUT2D eigenvalue weighted by Crippen LogP contribution is 2.68. The van der Waals surface area contributed by atoms with Gasteiger partial charge in [-0.25, -0.2) is 4.79 Å². The summed E-state index contributed by atoms with van der Waals surface area (Å²) in [7, 11) is 4.79. The molecule has 1 N–H and O–H groups in total. The van der Waals surface area contributed by atoms with E-state index in [1.807, 2.05) is 60.7 Å². The number of amides is 1. The first-order valence-electron chi connectivity index (χ1n) is 11.4. The zero-order chi connectivity index (χ0) is 24.3. The lowest BCUT2D eigenvalue weighted by Gasteiger charge is -2.38. The molecule has 1 saturated carbocycles. The van der Waals surface area contributed by atoms with Gasteiger partial charge in [0.15, 0.2) is 5.60 Å². The number of nitrogens with zero attached hydrogens (tertiary/aromatic N) is 1. The molecule has 8 heteroatoms. The van der Waals surface area contributed by atoms with Crippen LogP contribution in [0.15, 0.2) is 66.7 Å². The van der Waals surface area contributed by atoms with E-state index in [0.717, 1.165) is 16.7 Å². The Morgan fingerprint density at radius 2 is 1.60 bits per heavy atom. The number of rotatable bonds is 5. The lowest BCUT2D eigenvalue weighted by atomic mass is 9.73.